The first-order chi connectivity index (χ1) is 6.35. The minimum Gasteiger partial charge on any atom is -0.392 e. The molecule has 66 valence electrons. The van der Waals surface area contributed by atoms with E-state index in [9.17, 15) is 0 Å². The Kier molecular flexibility index (Phi) is 2.08. The monoisotopic (exact) mass is 194 g/mol. The number of benzene rings is 1. The Morgan fingerprint density at radius 1 is 1.54 bits per heavy atom. The van der Waals surface area contributed by atoms with Gasteiger partial charge in [-0.1, -0.05) is 11.2 Å². The van der Waals surface area contributed by atoms with Crippen molar-refractivity contribution in [2.75, 3.05) is 0 Å². The standard InChI is InChI=1S/C8H7N2O2P/c11-4-5-1-2-7-6(3-5)8(10-13)9-12-7/h1-3,11,13H,4H2. The van der Waals surface area contributed by atoms with Gasteiger partial charge in [-0.2, -0.15) is 0 Å². The van der Waals surface area contributed by atoms with Crippen LogP contribution in [0, 0.1) is 0 Å². The summed E-state index contributed by atoms with van der Waals surface area (Å²) in [5, 5.41) is 13.4. The average Bonchev–Trinajstić information content (AvgIpc) is 2.59. The molecule has 1 aromatic heterocycles. The zero-order valence-corrected chi connectivity index (χ0v) is 7.69. The van der Waals surface area contributed by atoms with E-state index in [0.29, 0.717) is 11.4 Å². The molecule has 0 spiro atoms. The van der Waals surface area contributed by atoms with E-state index < -0.39 is 0 Å². The number of nitrogens with zero attached hydrogens (tertiary/aromatic N) is 2. The second kappa shape index (κ2) is 3.24. The molecule has 0 amide bonds. The fourth-order valence-corrected chi connectivity index (χ4v) is 1.31. The Balaban J connectivity index is 2.71. The number of rotatable bonds is 2. The molecule has 0 fully saturated rings. The number of aliphatic hydroxyl groups excluding tert-OH is 1. The third-order valence-corrected chi connectivity index (χ3v) is 2.02. The fraction of sp³-hybridized carbons (Fsp3) is 0.125. The van der Waals surface area contributed by atoms with Gasteiger partial charge < -0.3 is 9.63 Å². The average molecular weight is 194 g/mol. The van der Waals surface area contributed by atoms with Crippen molar-refractivity contribution < 1.29 is 9.63 Å². The Bertz CT molecular complexity index is 452. The summed E-state index contributed by atoms with van der Waals surface area (Å²) in [5.74, 6) is 0.488. The van der Waals surface area contributed by atoms with E-state index in [2.05, 4.69) is 18.9 Å². The van der Waals surface area contributed by atoms with Crippen LogP contribution in [0.1, 0.15) is 5.56 Å². The highest BCUT2D eigenvalue weighted by Crippen LogP contribution is 2.26. The fourth-order valence-electron chi connectivity index (χ4n) is 1.15. The number of aromatic nitrogens is 1. The molecule has 2 rings (SSSR count). The van der Waals surface area contributed by atoms with Crippen LogP contribution < -0.4 is 0 Å². The van der Waals surface area contributed by atoms with Gasteiger partial charge in [-0.05, 0) is 26.7 Å². The van der Waals surface area contributed by atoms with Crippen molar-refractivity contribution >= 4 is 25.8 Å². The van der Waals surface area contributed by atoms with Crippen LogP contribution in [0.3, 0.4) is 0 Å². The maximum atomic E-state index is 8.90. The third kappa shape index (κ3) is 1.34. The van der Waals surface area contributed by atoms with Gasteiger partial charge in [-0.3, -0.25) is 0 Å². The van der Waals surface area contributed by atoms with Gasteiger partial charge in [0.2, 0.25) is 5.82 Å². The highest BCUT2D eigenvalue weighted by Gasteiger charge is 2.06. The molecule has 2 aromatic rings. The highest BCUT2D eigenvalue weighted by atomic mass is 31.0. The van der Waals surface area contributed by atoms with Crippen molar-refractivity contribution in [1.29, 1.82) is 0 Å². The van der Waals surface area contributed by atoms with Gasteiger partial charge in [0.05, 0.1) is 12.0 Å². The van der Waals surface area contributed by atoms with E-state index in [1.165, 1.54) is 0 Å². The van der Waals surface area contributed by atoms with Gasteiger partial charge in [0.1, 0.15) is 0 Å². The topological polar surface area (TPSA) is 58.6 Å². The molecule has 0 aliphatic heterocycles. The van der Waals surface area contributed by atoms with E-state index in [1.807, 2.05) is 0 Å². The molecule has 5 heteroatoms. The van der Waals surface area contributed by atoms with E-state index in [4.69, 9.17) is 9.63 Å². The van der Waals surface area contributed by atoms with Gasteiger partial charge in [-0.15, -0.1) is 0 Å². The lowest BCUT2D eigenvalue weighted by Crippen LogP contribution is -1.80. The molecule has 13 heavy (non-hydrogen) atoms. The molecule has 0 bridgehead atoms. The first-order valence-corrected chi connectivity index (χ1v) is 4.16. The lowest BCUT2D eigenvalue weighted by Gasteiger charge is -1.93. The predicted molar refractivity (Wildman–Crippen MR) is 50.3 cm³/mol. The van der Waals surface area contributed by atoms with Crippen molar-refractivity contribution in [3.63, 3.8) is 0 Å². The molecule has 0 saturated carbocycles. The van der Waals surface area contributed by atoms with Crippen molar-refractivity contribution in [1.82, 2.24) is 5.16 Å². The lowest BCUT2D eigenvalue weighted by atomic mass is 10.2. The summed E-state index contributed by atoms with van der Waals surface area (Å²) >= 11 is 0. The first-order valence-electron chi connectivity index (χ1n) is 3.72. The minimum absolute atomic E-state index is 0.00226. The van der Waals surface area contributed by atoms with Crippen LogP contribution in [0.5, 0.6) is 0 Å². The van der Waals surface area contributed by atoms with Gasteiger partial charge in [0.15, 0.2) is 5.58 Å². The van der Waals surface area contributed by atoms with Crippen molar-refractivity contribution in [3.8, 4) is 0 Å². The molecule has 1 N–H and O–H groups in total. The summed E-state index contributed by atoms with van der Waals surface area (Å²) in [6.45, 7) is 0.00226. The highest BCUT2D eigenvalue weighted by molar-refractivity contribution is 7.04. The molecule has 0 saturated heterocycles. The largest absolute Gasteiger partial charge is 0.392 e. The summed E-state index contributed by atoms with van der Waals surface area (Å²) in [6.07, 6.45) is 0. The third-order valence-electron chi connectivity index (χ3n) is 1.80. The summed E-state index contributed by atoms with van der Waals surface area (Å²) < 4.78 is 8.74. The Labute approximate surface area is 76.5 Å². The van der Waals surface area contributed by atoms with Crippen LogP contribution in [0.2, 0.25) is 0 Å². The molecule has 0 radical (unpaired) electrons. The van der Waals surface area contributed by atoms with Gasteiger partial charge in [0, 0.05) is 0 Å². The second-order valence-electron chi connectivity index (χ2n) is 2.61. The van der Waals surface area contributed by atoms with Crippen molar-refractivity contribution in [3.05, 3.63) is 23.8 Å². The number of hydrogen-bond acceptors (Lipinski definition) is 4. The van der Waals surface area contributed by atoms with Gasteiger partial charge in [0.25, 0.3) is 0 Å². The first kappa shape index (κ1) is 8.35. The molecule has 0 aliphatic carbocycles. The Morgan fingerprint density at radius 3 is 3.08 bits per heavy atom. The maximum Gasteiger partial charge on any atom is 0.206 e. The van der Waals surface area contributed by atoms with Gasteiger partial charge in [-0.25, -0.2) is 4.74 Å². The maximum absolute atomic E-state index is 8.90. The predicted octanol–water partition coefficient (Wildman–Crippen LogP) is 2.28. The molecular weight excluding hydrogens is 187 g/mol. The molecular formula is C8H7N2O2P. The molecule has 1 heterocycles. The molecule has 4 nitrogen and oxygen atoms in total. The summed E-state index contributed by atoms with van der Waals surface area (Å²) in [7, 11) is 2.99. The molecule has 0 aliphatic rings. The summed E-state index contributed by atoms with van der Waals surface area (Å²) in [4.78, 5) is 0. The van der Waals surface area contributed by atoms with Crippen LogP contribution in [-0.4, -0.2) is 10.3 Å². The van der Waals surface area contributed by atoms with Crippen LogP contribution >= 0.6 is 9.03 Å². The molecule has 0 unspecified atom stereocenters. The summed E-state index contributed by atoms with van der Waals surface area (Å²) in [5.41, 5.74) is 1.47. The van der Waals surface area contributed by atoms with Gasteiger partial charge >= 0.3 is 0 Å². The molecule has 1 aromatic carbocycles. The summed E-state index contributed by atoms with van der Waals surface area (Å²) in [6, 6.07) is 5.34. The smallest absolute Gasteiger partial charge is 0.206 e. The number of fused-ring (bicyclic) bond motifs is 1. The zero-order chi connectivity index (χ0) is 9.26. The van der Waals surface area contributed by atoms with Crippen LogP contribution in [0.4, 0.5) is 5.82 Å². The minimum atomic E-state index is 0.00226. The Morgan fingerprint density at radius 2 is 2.38 bits per heavy atom. The Hall–Kier alpha value is -1.25. The lowest BCUT2D eigenvalue weighted by molar-refractivity contribution is 0.282. The SMILES string of the molecule is OCc1ccc2onc(N=P)c2c1. The quantitative estimate of drug-likeness (QED) is 0.746. The van der Waals surface area contributed by atoms with Crippen molar-refractivity contribution in [2.24, 2.45) is 4.74 Å². The van der Waals surface area contributed by atoms with E-state index in [0.717, 1.165) is 10.9 Å². The number of aliphatic hydroxyl groups is 1. The molecule has 0 atom stereocenters. The van der Waals surface area contributed by atoms with E-state index in [-0.39, 0.29) is 6.61 Å². The van der Waals surface area contributed by atoms with E-state index >= 15 is 0 Å². The van der Waals surface area contributed by atoms with Crippen LogP contribution in [0.15, 0.2) is 27.5 Å². The normalized spacial score (nSPS) is 10.5. The van der Waals surface area contributed by atoms with Crippen LogP contribution in [-0.2, 0) is 6.61 Å². The number of hydrogen-bond donors (Lipinski definition) is 1. The zero-order valence-electron chi connectivity index (χ0n) is 6.69. The second-order valence-corrected chi connectivity index (χ2v) is 2.83. The van der Waals surface area contributed by atoms with E-state index in [1.54, 1.807) is 18.2 Å². The van der Waals surface area contributed by atoms with Crippen molar-refractivity contribution in [2.45, 2.75) is 6.61 Å². The van der Waals surface area contributed by atoms with Crippen LogP contribution in [0.25, 0.3) is 11.0 Å².